The molecule has 5 rings (SSSR count). The molecule has 4 aromatic carbocycles. The average Bonchev–Trinajstić information content (AvgIpc) is 3.18. The van der Waals surface area contributed by atoms with Gasteiger partial charge in [-0.25, -0.2) is 0 Å². The molecule has 0 saturated heterocycles. The number of nitrogens with zero attached hydrogens (tertiary/aromatic N) is 1. The predicted octanol–water partition coefficient (Wildman–Crippen LogP) is 8.64. The molecule has 0 aliphatic heterocycles. The van der Waals surface area contributed by atoms with E-state index in [1.54, 1.807) is 0 Å². The number of hydrogen-bond donors (Lipinski definition) is 0. The first kappa shape index (κ1) is 19.8. The standard InChI is InChI=1S/C31H25N/c1-3-11-28-29-16-8-9-17-31(29)32(30(28)4-2)27-20-18-24(19-21-27)26-15-10-14-25(22-26)23-12-6-5-7-13-23/h3-22H,2H2,1H3/b11-3-. The van der Waals surface area contributed by atoms with Crippen molar-refractivity contribution < 1.29 is 0 Å². The summed E-state index contributed by atoms with van der Waals surface area (Å²) in [6, 6.07) is 36.6. The average molecular weight is 412 g/mol. The molecule has 1 heteroatoms. The highest BCUT2D eigenvalue weighted by atomic mass is 15.0. The maximum atomic E-state index is 4.10. The Hall–Kier alpha value is -4.10. The van der Waals surface area contributed by atoms with Crippen LogP contribution in [0.4, 0.5) is 0 Å². The summed E-state index contributed by atoms with van der Waals surface area (Å²) >= 11 is 0. The maximum absolute atomic E-state index is 4.10. The lowest BCUT2D eigenvalue weighted by Gasteiger charge is -2.11. The Morgan fingerprint density at radius 2 is 1.28 bits per heavy atom. The summed E-state index contributed by atoms with van der Waals surface area (Å²) in [6.45, 7) is 6.16. The van der Waals surface area contributed by atoms with Gasteiger partial charge >= 0.3 is 0 Å². The zero-order valence-corrected chi connectivity index (χ0v) is 18.2. The van der Waals surface area contributed by atoms with Crippen LogP contribution in [0.5, 0.6) is 0 Å². The Balaban J connectivity index is 1.59. The second-order valence-corrected chi connectivity index (χ2v) is 7.85. The third-order valence-corrected chi connectivity index (χ3v) is 5.91. The number of rotatable bonds is 5. The van der Waals surface area contributed by atoms with Crippen LogP contribution in [0.2, 0.25) is 0 Å². The molecule has 32 heavy (non-hydrogen) atoms. The van der Waals surface area contributed by atoms with Gasteiger partial charge in [0, 0.05) is 16.6 Å². The van der Waals surface area contributed by atoms with Crippen molar-refractivity contribution in [3.8, 4) is 27.9 Å². The molecule has 1 heterocycles. The molecule has 1 aromatic heterocycles. The first-order valence-corrected chi connectivity index (χ1v) is 10.9. The first-order chi connectivity index (χ1) is 15.8. The second kappa shape index (κ2) is 8.56. The van der Waals surface area contributed by atoms with E-state index in [0.29, 0.717) is 0 Å². The number of para-hydroxylation sites is 1. The van der Waals surface area contributed by atoms with E-state index in [0.717, 1.165) is 11.4 Å². The zero-order chi connectivity index (χ0) is 21.9. The van der Waals surface area contributed by atoms with Crippen LogP contribution in [0.25, 0.3) is 51.0 Å². The van der Waals surface area contributed by atoms with Gasteiger partial charge in [0.15, 0.2) is 0 Å². The molecule has 0 atom stereocenters. The summed E-state index contributed by atoms with van der Waals surface area (Å²) in [5.74, 6) is 0. The van der Waals surface area contributed by atoms with E-state index in [1.165, 1.54) is 38.7 Å². The van der Waals surface area contributed by atoms with Crippen LogP contribution in [0.1, 0.15) is 18.2 Å². The molecule has 0 unspecified atom stereocenters. The lowest BCUT2D eigenvalue weighted by Crippen LogP contribution is -1.96. The van der Waals surface area contributed by atoms with Crippen molar-refractivity contribution in [2.75, 3.05) is 0 Å². The van der Waals surface area contributed by atoms with E-state index < -0.39 is 0 Å². The van der Waals surface area contributed by atoms with E-state index >= 15 is 0 Å². The maximum Gasteiger partial charge on any atom is 0.0541 e. The summed E-state index contributed by atoms with van der Waals surface area (Å²) in [4.78, 5) is 0. The van der Waals surface area contributed by atoms with Crippen LogP contribution in [0, 0.1) is 0 Å². The van der Waals surface area contributed by atoms with Crippen molar-refractivity contribution in [3.63, 3.8) is 0 Å². The molecule has 0 saturated carbocycles. The van der Waals surface area contributed by atoms with Crippen LogP contribution < -0.4 is 0 Å². The largest absolute Gasteiger partial charge is 0.309 e. The molecule has 0 aliphatic carbocycles. The van der Waals surface area contributed by atoms with Crippen molar-refractivity contribution in [1.82, 2.24) is 4.57 Å². The second-order valence-electron chi connectivity index (χ2n) is 7.85. The highest BCUT2D eigenvalue weighted by Gasteiger charge is 2.14. The van der Waals surface area contributed by atoms with E-state index in [1.807, 2.05) is 6.08 Å². The van der Waals surface area contributed by atoms with Crippen LogP contribution in [0.15, 0.2) is 116 Å². The van der Waals surface area contributed by atoms with Crippen molar-refractivity contribution >= 4 is 23.1 Å². The summed E-state index contributed by atoms with van der Waals surface area (Å²) in [5.41, 5.74) is 9.53. The van der Waals surface area contributed by atoms with Gasteiger partial charge in [0.25, 0.3) is 0 Å². The number of benzene rings is 4. The summed E-state index contributed by atoms with van der Waals surface area (Å²) in [5, 5.41) is 1.24. The van der Waals surface area contributed by atoms with Crippen molar-refractivity contribution in [2.24, 2.45) is 0 Å². The third kappa shape index (κ3) is 3.48. The van der Waals surface area contributed by atoms with Crippen LogP contribution in [-0.4, -0.2) is 4.57 Å². The quantitative estimate of drug-likeness (QED) is 0.273. The number of allylic oxidation sites excluding steroid dienone is 1. The van der Waals surface area contributed by atoms with Gasteiger partial charge in [-0.2, -0.15) is 0 Å². The summed E-state index contributed by atoms with van der Waals surface area (Å²) < 4.78 is 2.29. The highest BCUT2D eigenvalue weighted by molar-refractivity contribution is 5.95. The molecule has 154 valence electrons. The third-order valence-electron chi connectivity index (χ3n) is 5.91. The van der Waals surface area contributed by atoms with Gasteiger partial charge < -0.3 is 4.57 Å². The number of hydrogen-bond acceptors (Lipinski definition) is 0. The molecular weight excluding hydrogens is 386 g/mol. The normalized spacial score (nSPS) is 11.3. The molecule has 0 N–H and O–H groups in total. The van der Waals surface area contributed by atoms with Gasteiger partial charge in [0.1, 0.15) is 0 Å². The van der Waals surface area contributed by atoms with Crippen LogP contribution in [0.3, 0.4) is 0 Å². The van der Waals surface area contributed by atoms with E-state index in [-0.39, 0.29) is 0 Å². The lowest BCUT2D eigenvalue weighted by molar-refractivity contribution is 1.11. The van der Waals surface area contributed by atoms with Gasteiger partial charge in [0.05, 0.1) is 11.2 Å². The van der Waals surface area contributed by atoms with Crippen LogP contribution in [-0.2, 0) is 0 Å². The molecule has 0 spiro atoms. The first-order valence-electron chi connectivity index (χ1n) is 10.9. The number of aromatic nitrogens is 1. The van der Waals surface area contributed by atoms with Gasteiger partial charge in [-0.3, -0.25) is 0 Å². The Morgan fingerprint density at radius 3 is 1.97 bits per heavy atom. The summed E-state index contributed by atoms with van der Waals surface area (Å²) in [7, 11) is 0. The minimum absolute atomic E-state index is 1.11. The molecule has 0 aliphatic rings. The van der Waals surface area contributed by atoms with Crippen molar-refractivity contribution in [3.05, 3.63) is 127 Å². The molecule has 0 amide bonds. The molecule has 0 fully saturated rings. The summed E-state index contributed by atoms with van der Waals surface area (Å²) in [6.07, 6.45) is 6.20. The van der Waals surface area contributed by atoms with E-state index in [4.69, 9.17) is 0 Å². The zero-order valence-electron chi connectivity index (χ0n) is 18.2. The van der Waals surface area contributed by atoms with E-state index in [2.05, 4.69) is 133 Å². The number of fused-ring (bicyclic) bond motifs is 1. The minimum atomic E-state index is 1.11. The molecule has 0 radical (unpaired) electrons. The topological polar surface area (TPSA) is 4.93 Å². The van der Waals surface area contributed by atoms with Crippen molar-refractivity contribution in [1.29, 1.82) is 0 Å². The fraction of sp³-hybridized carbons (Fsp3) is 0.0323. The predicted molar refractivity (Wildman–Crippen MR) is 139 cm³/mol. The highest BCUT2D eigenvalue weighted by Crippen LogP contribution is 2.33. The van der Waals surface area contributed by atoms with E-state index in [9.17, 15) is 0 Å². The lowest BCUT2D eigenvalue weighted by atomic mass is 9.99. The SMILES string of the molecule is C=Cc1c(/C=C\C)c2ccccc2n1-c1ccc(-c2cccc(-c3ccccc3)c2)cc1. The fourth-order valence-corrected chi connectivity index (χ4v) is 4.42. The molecule has 5 aromatic rings. The Bertz CT molecular complexity index is 1420. The molecule has 0 bridgehead atoms. The van der Waals surface area contributed by atoms with Gasteiger partial charge in [0.2, 0.25) is 0 Å². The Labute approximate surface area is 189 Å². The minimum Gasteiger partial charge on any atom is -0.309 e. The van der Waals surface area contributed by atoms with Crippen LogP contribution >= 0.6 is 0 Å². The Kier molecular flexibility index (Phi) is 5.31. The van der Waals surface area contributed by atoms with Gasteiger partial charge in [-0.15, -0.1) is 0 Å². The van der Waals surface area contributed by atoms with Gasteiger partial charge in [-0.1, -0.05) is 97.6 Å². The van der Waals surface area contributed by atoms with Crippen molar-refractivity contribution in [2.45, 2.75) is 6.92 Å². The smallest absolute Gasteiger partial charge is 0.0541 e. The fourth-order valence-electron chi connectivity index (χ4n) is 4.42. The monoisotopic (exact) mass is 411 g/mol. The molecular formula is C31H25N. The molecule has 1 nitrogen and oxygen atoms in total. The van der Waals surface area contributed by atoms with Gasteiger partial charge in [-0.05, 0) is 59.5 Å². The Morgan fingerprint density at radius 1 is 0.656 bits per heavy atom.